The number of hydrogen-bond donors (Lipinski definition) is 1. The summed E-state index contributed by atoms with van der Waals surface area (Å²) in [7, 11) is 0. The van der Waals surface area contributed by atoms with E-state index < -0.39 is 5.85 Å². The second-order valence-electron chi connectivity index (χ2n) is 5.57. The van der Waals surface area contributed by atoms with Crippen LogP contribution < -0.4 is 4.74 Å². The molecule has 0 bridgehead atoms. The van der Waals surface area contributed by atoms with Gasteiger partial charge in [0, 0.05) is 18.7 Å². The molecule has 1 N–H and O–H groups in total. The molecule has 1 heterocycles. The molecule has 2 aromatic carbocycles. The largest absolute Gasteiger partial charge is 0.455 e. The fourth-order valence-electron chi connectivity index (χ4n) is 2.19. The lowest BCUT2D eigenvalue weighted by atomic mass is 10.1. The molecule has 0 fully saturated rings. The van der Waals surface area contributed by atoms with Crippen molar-refractivity contribution in [3.63, 3.8) is 0 Å². The predicted molar refractivity (Wildman–Crippen MR) is 95.0 cm³/mol. The summed E-state index contributed by atoms with van der Waals surface area (Å²) >= 11 is 0. The first-order valence-electron chi connectivity index (χ1n) is 7.65. The first kappa shape index (κ1) is 16.6. The summed E-state index contributed by atoms with van der Waals surface area (Å²) in [5.41, 5.74) is 2.46. The lowest BCUT2D eigenvalue weighted by Crippen LogP contribution is -2.22. The van der Waals surface area contributed by atoms with Gasteiger partial charge < -0.3 is 10.1 Å². The molecule has 1 unspecified atom stereocenters. The fraction of sp³-hybridized carbons (Fsp3) is 0.105. The standard InChI is InChI=1S/C19H17FN4O/c1-3-19(2,20)25-17-10-8-16(9-11-17)24-13-22-18(23-24)15-6-4-14(12-21)5-7-15/h3-13,21H,1H2,2H3. The maximum Gasteiger partial charge on any atom is 0.264 e. The average molecular weight is 336 g/mol. The molecule has 0 aliphatic carbocycles. The second-order valence-corrected chi connectivity index (χ2v) is 5.57. The van der Waals surface area contributed by atoms with E-state index in [1.807, 2.05) is 24.3 Å². The van der Waals surface area contributed by atoms with Crippen molar-refractivity contribution < 1.29 is 9.13 Å². The first-order valence-corrected chi connectivity index (χ1v) is 7.65. The first-order chi connectivity index (χ1) is 12.0. The van der Waals surface area contributed by atoms with Crippen molar-refractivity contribution in [1.82, 2.24) is 14.8 Å². The van der Waals surface area contributed by atoms with Crippen molar-refractivity contribution in [1.29, 1.82) is 5.41 Å². The van der Waals surface area contributed by atoms with Gasteiger partial charge in [-0.15, -0.1) is 5.10 Å². The van der Waals surface area contributed by atoms with Crippen LogP contribution in [-0.4, -0.2) is 26.8 Å². The summed E-state index contributed by atoms with van der Waals surface area (Å²) in [6.07, 6.45) is 4.00. The van der Waals surface area contributed by atoms with Crippen LogP contribution in [0.1, 0.15) is 12.5 Å². The number of ether oxygens (including phenoxy) is 1. The van der Waals surface area contributed by atoms with Gasteiger partial charge in [0.2, 0.25) is 0 Å². The summed E-state index contributed by atoms with van der Waals surface area (Å²) in [6.45, 7) is 4.69. The van der Waals surface area contributed by atoms with Crippen molar-refractivity contribution in [2.24, 2.45) is 0 Å². The van der Waals surface area contributed by atoms with E-state index in [1.165, 1.54) is 13.1 Å². The minimum absolute atomic E-state index is 0.399. The highest BCUT2D eigenvalue weighted by atomic mass is 19.2. The lowest BCUT2D eigenvalue weighted by Gasteiger charge is -2.18. The maximum atomic E-state index is 13.8. The Kier molecular flexibility index (Phi) is 4.43. The Labute approximate surface area is 144 Å². The highest BCUT2D eigenvalue weighted by Crippen LogP contribution is 2.22. The van der Waals surface area contributed by atoms with Gasteiger partial charge in [0.25, 0.3) is 5.85 Å². The molecule has 1 atom stereocenters. The number of halogens is 1. The van der Waals surface area contributed by atoms with Gasteiger partial charge in [-0.05, 0) is 35.9 Å². The van der Waals surface area contributed by atoms with Crippen molar-refractivity contribution in [2.45, 2.75) is 12.8 Å². The third kappa shape index (κ3) is 3.80. The average Bonchev–Trinajstić information content (AvgIpc) is 3.12. The second kappa shape index (κ2) is 6.68. The minimum Gasteiger partial charge on any atom is -0.455 e. The molecule has 0 saturated carbocycles. The normalized spacial score (nSPS) is 13.0. The number of nitrogens with zero attached hydrogens (tertiary/aromatic N) is 3. The van der Waals surface area contributed by atoms with Gasteiger partial charge in [0.15, 0.2) is 5.82 Å². The molecule has 5 nitrogen and oxygen atoms in total. The molecule has 6 heteroatoms. The van der Waals surface area contributed by atoms with E-state index in [1.54, 1.807) is 35.3 Å². The Bertz CT molecular complexity index is 883. The molecule has 126 valence electrons. The molecular weight excluding hydrogens is 319 g/mol. The van der Waals surface area contributed by atoms with Crippen LogP contribution in [0.3, 0.4) is 0 Å². The summed E-state index contributed by atoms with van der Waals surface area (Å²) < 4.78 is 20.6. The summed E-state index contributed by atoms with van der Waals surface area (Å²) in [4.78, 5) is 4.30. The van der Waals surface area contributed by atoms with Crippen LogP contribution in [0.5, 0.6) is 5.75 Å². The van der Waals surface area contributed by atoms with Gasteiger partial charge in [0.1, 0.15) is 12.1 Å². The molecule has 25 heavy (non-hydrogen) atoms. The van der Waals surface area contributed by atoms with E-state index in [-0.39, 0.29) is 0 Å². The molecule has 0 aliphatic heterocycles. The van der Waals surface area contributed by atoms with Gasteiger partial charge in [-0.25, -0.2) is 9.67 Å². The monoisotopic (exact) mass is 336 g/mol. The van der Waals surface area contributed by atoms with Crippen LogP contribution in [0, 0.1) is 5.41 Å². The molecule has 0 amide bonds. The lowest BCUT2D eigenvalue weighted by molar-refractivity contribution is 0.00401. The number of rotatable bonds is 6. The summed E-state index contributed by atoms with van der Waals surface area (Å²) in [5, 5.41) is 11.7. The highest BCUT2D eigenvalue weighted by molar-refractivity contribution is 5.78. The topological polar surface area (TPSA) is 63.8 Å². The zero-order chi connectivity index (χ0) is 17.9. The third-order valence-corrected chi connectivity index (χ3v) is 3.61. The van der Waals surface area contributed by atoms with Crippen molar-refractivity contribution >= 4 is 6.21 Å². The van der Waals surface area contributed by atoms with Crippen LogP contribution in [0.15, 0.2) is 67.5 Å². The molecule has 3 aromatic rings. The van der Waals surface area contributed by atoms with E-state index in [4.69, 9.17) is 10.1 Å². The van der Waals surface area contributed by atoms with Crippen molar-refractivity contribution in [2.75, 3.05) is 0 Å². The van der Waals surface area contributed by atoms with Gasteiger partial charge in [-0.3, -0.25) is 0 Å². The Hall–Kier alpha value is -3.28. The molecule has 0 radical (unpaired) electrons. The smallest absolute Gasteiger partial charge is 0.264 e. The van der Waals surface area contributed by atoms with E-state index in [2.05, 4.69) is 16.7 Å². The molecule has 0 aliphatic rings. The number of benzene rings is 2. The molecule has 3 rings (SSSR count). The molecule has 0 saturated heterocycles. The van der Waals surface area contributed by atoms with E-state index >= 15 is 0 Å². The van der Waals surface area contributed by atoms with Crippen LogP contribution in [0.4, 0.5) is 4.39 Å². The number of nitrogens with one attached hydrogen (secondary N) is 1. The summed E-state index contributed by atoms with van der Waals surface area (Å²) in [5.74, 6) is -0.930. The van der Waals surface area contributed by atoms with Crippen LogP contribution >= 0.6 is 0 Å². The third-order valence-electron chi connectivity index (χ3n) is 3.61. The zero-order valence-corrected chi connectivity index (χ0v) is 13.7. The SMILES string of the molecule is C=CC(C)(F)Oc1ccc(-n2cnc(-c3ccc(C=N)cc3)n2)cc1. The Morgan fingerprint density at radius 3 is 2.44 bits per heavy atom. The minimum atomic E-state index is -1.91. The van der Waals surface area contributed by atoms with Gasteiger partial charge in [-0.2, -0.15) is 4.39 Å². The van der Waals surface area contributed by atoms with Crippen molar-refractivity contribution in [3.8, 4) is 22.8 Å². The molecular formula is C19H17FN4O. The number of hydrogen-bond acceptors (Lipinski definition) is 4. The predicted octanol–water partition coefficient (Wildman–Crippen LogP) is 4.18. The van der Waals surface area contributed by atoms with E-state index in [9.17, 15) is 4.39 Å². The Morgan fingerprint density at radius 2 is 1.84 bits per heavy atom. The van der Waals surface area contributed by atoms with Crippen LogP contribution in [0.25, 0.3) is 17.1 Å². The van der Waals surface area contributed by atoms with E-state index in [0.29, 0.717) is 11.6 Å². The zero-order valence-electron chi connectivity index (χ0n) is 13.7. The Balaban J connectivity index is 1.79. The Morgan fingerprint density at radius 1 is 1.16 bits per heavy atom. The van der Waals surface area contributed by atoms with Crippen LogP contribution in [0.2, 0.25) is 0 Å². The van der Waals surface area contributed by atoms with Gasteiger partial charge in [0.05, 0.1) is 5.69 Å². The summed E-state index contributed by atoms with van der Waals surface area (Å²) in [6, 6.07) is 14.3. The number of aromatic nitrogens is 3. The van der Waals surface area contributed by atoms with E-state index in [0.717, 1.165) is 22.9 Å². The van der Waals surface area contributed by atoms with Crippen molar-refractivity contribution in [3.05, 3.63) is 73.1 Å². The number of alkyl halides is 1. The maximum absolute atomic E-state index is 13.8. The molecule has 1 aromatic heterocycles. The van der Waals surface area contributed by atoms with Gasteiger partial charge >= 0.3 is 0 Å². The highest BCUT2D eigenvalue weighted by Gasteiger charge is 2.19. The quantitative estimate of drug-likeness (QED) is 0.542. The molecule has 0 spiro atoms. The fourth-order valence-corrected chi connectivity index (χ4v) is 2.19. The van der Waals surface area contributed by atoms with Crippen LogP contribution in [-0.2, 0) is 0 Å². The van der Waals surface area contributed by atoms with Gasteiger partial charge in [-0.1, -0.05) is 30.8 Å².